The summed E-state index contributed by atoms with van der Waals surface area (Å²) in [4.78, 5) is 30.2. The van der Waals surface area contributed by atoms with Crippen molar-refractivity contribution in [2.24, 2.45) is 23.7 Å². The number of β-amino-alcohol motifs (C(OH)–C–C–N with tert-alkyl or cyclic N) is 1. The summed E-state index contributed by atoms with van der Waals surface area (Å²) >= 11 is 0. The smallest absolute Gasteiger partial charge is 0.261 e. The van der Waals surface area contributed by atoms with Crippen LogP contribution in [0, 0.1) is 23.7 Å². The predicted molar refractivity (Wildman–Crippen MR) is 146 cm³/mol. The van der Waals surface area contributed by atoms with Crippen molar-refractivity contribution in [3.63, 3.8) is 0 Å². The molecular weight excluding hydrogens is 464 g/mol. The highest BCUT2D eigenvalue weighted by Gasteiger charge is 2.35. The Bertz CT molecular complexity index is 1070. The van der Waals surface area contributed by atoms with Crippen LogP contribution >= 0.6 is 0 Å². The molecule has 1 aliphatic carbocycles. The number of carbonyl (C=O) groups excluding carboxylic acids is 2. The lowest BCUT2D eigenvalue weighted by Gasteiger charge is -2.38. The first-order chi connectivity index (χ1) is 17.8. The van der Waals surface area contributed by atoms with Gasteiger partial charge in [0.15, 0.2) is 0 Å². The van der Waals surface area contributed by atoms with Crippen LogP contribution < -0.4 is 0 Å². The summed E-state index contributed by atoms with van der Waals surface area (Å²) in [6, 6.07) is 11.3. The van der Waals surface area contributed by atoms with E-state index in [1.54, 1.807) is 0 Å². The van der Waals surface area contributed by atoms with E-state index in [1.807, 2.05) is 36.4 Å². The van der Waals surface area contributed by atoms with Gasteiger partial charge in [0.2, 0.25) is 0 Å². The molecule has 2 fully saturated rings. The number of imide groups is 1. The average Bonchev–Trinajstić information content (AvgIpc) is 2.89. The molecule has 0 aromatic heterocycles. The van der Waals surface area contributed by atoms with Crippen LogP contribution in [-0.2, 0) is 4.74 Å². The summed E-state index contributed by atoms with van der Waals surface area (Å²) in [6.07, 6.45) is 5.15. The lowest BCUT2D eigenvalue weighted by Crippen LogP contribution is -2.46. The second kappa shape index (κ2) is 11.2. The van der Waals surface area contributed by atoms with Crippen LogP contribution in [0.5, 0.6) is 0 Å². The van der Waals surface area contributed by atoms with E-state index < -0.39 is 6.10 Å². The van der Waals surface area contributed by atoms with Crippen LogP contribution in [0.4, 0.5) is 0 Å². The molecule has 200 valence electrons. The highest BCUT2D eigenvalue weighted by atomic mass is 16.5. The largest absolute Gasteiger partial charge is 0.389 e. The molecule has 1 N–H and O–H groups in total. The molecule has 1 saturated carbocycles. The Balaban J connectivity index is 1.11. The quantitative estimate of drug-likeness (QED) is 0.511. The number of aliphatic hydroxyl groups excluding tert-OH is 1. The van der Waals surface area contributed by atoms with Crippen molar-refractivity contribution in [3.8, 4) is 0 Å². The monoisotopic (exact) mass is 506 g/mol. The molecular formula is C31H42N2O4. The number of aliphatic hydroxyl groups is 1. The van der Waals surface area contributed by atoms with E-state index in [-0.39, 0.29) is 23.8 Å². The van der Waals surface area contributed by atoms with Crippen LogP contribution in [0.15, 0.2) is 36.4 Å². The molecule has 2 amide bonds. The Labute approximate surface area is 221 Å². The van der Waals surface area contributed by atoms with E-state index in [0.29, 0.717) is 48.6 Å². The summed E-state index contributed by atoms with van der Waals surface area (Å²) in [5.74, 6) is 1.79. The van der Waals surface area contributed by atoms with Gasteiger partial charge in [0.1, 0.15) is 0 Å². The molecule has 2 heterocycles. The maximum absolute atomic E-state index is 13.2. The third-order valence-corrected chi connectivity index (χ3v) is 8.94. The lowest BCUT2D eigenvalue weighted by atomic mass is 9.75. The fourth-order valence-corrected chi connectivity index (χ4v) is 6.75. The SMILES string of the molecule is CC1CCC(C(C)C)C(OCC(O)CN2CCC(CN3C(=O)c4cccc5cccc(c45)C3=O)CC2)C1. The number of hydrogen-bond donors (Lipinski definition) is 1. The van der Waals surface area contributed by atoms with E-state index in [2.05, 4.69) is 25.7 Å². The Morgan fingerprint density at radius 3 is 2.24 bits per heavy atom. The number of rotatable bonds is 8. The molecule has 6 heteroatoms. The van der Waals surface area contributed by atoms with Gasteiger partial charge in [-0.3, -0.25) is 14.5 Å². The first-order valence-corrected chi connectivity index (χ1v) is 14.2. The molecule has 0 bridgehead atoms. The van der Waals surface area contributed by atoms with Gasteiger partial charge in [-0.1, -0.05) is 51.5 Å². The van der Waals surface area contributed by atoms with Gasteiger partial charge in [-0.2, -0.15) is 0 Å². The van der Waals surface area contributed by atoms with Crippen molar-refractivity contribution in [2.45, 2.75) is 65.1 Å². The molecule has 4 atom stereocenters. The first-order valence-electron chi connectivity index (χ1n) is 14.2. The fourth-order valence-electron chi connectivity index (χ4n) is 6.75. The number of nitrogens with zero attached hydrogens (tertiary/aromatic N) is 2. The number of ether oxygens (including phenoxy) is 1. The number of hydrogen-bond acceptors (Lipinski definition) is 5. The van der Waals surface area contributed by atoms with Crippen molar-refractivity contribution in [1.82, 2.24) is 9.80 Å². The van der Waals surface area contributed by atoms with Gasteiger partial charge in [-0.15, -0.1) is 0 Å². The molecule has 0 radical (unpaired) electrons. The normalized spacial score (nSPS) is 26.3. The molecule has 2 aromatic carbocycles. The minimum absolute atomic E-state index is 0.180. The fraction of sp³-hybridized carbons (Fsp3) is 0.613. The molecule has 0 spiro atoms. The zero-order valence-electron chi connectivity index (χ0n) is 22.6. The second-order valence-corrected chi connectivity index (χ2v) is 12.0. The Kier molecular flexibility index (Phi) is 7.99. The van der Waals surface area contributed by atoms with E-state index in [0.717, 1.165) is 43.1 Å². The third kappa shape index (κ3) is 5.62. The third-order valence-electron chi connectivity index (χ3n) is 8.94. The number of amides is 2. The number of benzene rings is 2. The van der Waals surface area contributed by atoms with E-state index in [4.69, 9.17) is 4.74 Å². The van der Waals surface area contributed by atoms with Crippen molar-refractivity contribution >= 4 is 22.6 Å². The van der Waals surface area contributed by atoms with Gasteiger partial charge in [0, 0.05) is 29.6 Å². The van der Waals surface area contributed by atoms with Crippen LogP contribution in [0.3, 0.4) is 0 Å². The van der Waals surface area contributed by atoms with Gasteiger partial charge >= 0.3 is 0 Å². The minimum Gasteiger partial charge on any atom is -0.389 e. The molecule has 3 aliphatic rings. The number of likely N-dealkylation sites (tertiary alicyclic amines) is 1. The summed E-state index contributed by atoms with van der Waals surface area (Å²) in [7, 11) is 0. The van der Waals surface area contributed by atoms with Gasteiger partial charge < -0.3 is 14.7 Å². The van der Waals surface area contributed by atoms with Crippen LogP contribution in [-0.4, -0.2) is 71.7 Å². The summed E-state index contributed by atoms with van der Waals surface area (Å²) in [6.45, 7) is 10.0. The lowest BCUT2D eigenvalue weighted by molar-refractivity contribution is -0.0750. The first kappa shape index (κ1) is 26.3. The van der Waals surface area contributed by atoms with E-state index in [9.17, 15) is 14.7 Å². The molecule has 2 aliphatic heterocycles. The molecule has 1 saturated heterocycles. The summed E-state index contributed by atoms with van der Waals surface area (Å²) in [5, 5.41) is 12.4. The second-order valence-electron chi connectivity index (χ2n) is 12.0. The summed E-state index contributed by atoms with van der Waals surface area (Å²) < 4.78 is 6.27. The Morgan fingerprint density at radius 1 is 0.973 bits per heavy atom. The van der Waals surface area contributed by atoms with Gasteiger partial charge in [-0.25, -0.2) is 0 Å². The summed E-state index contributed by atoms with van der Waals surface area (Å²) in [5.41, 5.74) is 1.25. The van der Waals surface area contributed by atoms with Crippen LogP contribution in [0.25, 0.3) is 10.8 Å². The van der Waals surface area contributed by atoms with Crippen molar-refractivity contribution in [1.29, 1.82) is 0 Å². The van der Waals surface area contributed by atoms with E-state index in [1.165, 1.54) is 17.7 Å². The van der Waals surface area contributed by atoms with Gasteiger partial charge in [-0.05, 0) is 80.0 Å². The molecule has 2 aromatic rings. The highest BCUT2D eigenvalue weighted by molar-refractivity contribution is 6.25. The van der Waals surface area contributed by atoms with Crippen molar-refractivity contribution < 1.29 is 19.4 Å². The average molecular weight is 507 g/mol. The van der Waals surface area contributed by atoms with Crippen molar-refractivity contribution in [3.05, 3.63) is 47.5 Å². The maximum atomic E-state index is 13.2. The molecule has 5 rings (SSSR count). The maximum Gasteiger partial charge on any atom is 0.261 e. The highest BCUT2D eigenvalue weighted by Crippen LogP contribution is 2.35. The van der Waals surface area contributed by atoms with Crippen LogP contribution in [0.2, 0.25) is 0 Å². The zero-order chi connectivity index (χ0) is 26.1. The molecule has 4 unspecified atom stereocenters. The molecule has 37 heavy (non-hydrogen) atoms. The minimum atomic E-state index is -0.496. The standard InChI is InChI=1S/C31H42N2O4/c1-20(2)25-11-10-21(3)16-28(25)37-19-24(34)18-32-14-12-22(13-15-32)17-33-30(35)26-8-4-6-23-7-5-9-27(29(23)26)31(33)36/h4-9,20-22,24-25,28,34H,10-19H2,1-3H3. The molecule has 6 nitrogen and oxygen atoms in total. The predicted octanol–water partition coefficient (Wildman–Crippen LogP) is 4.99. The zero-order valence-corrected chi connectivity index (χ0v) is 22.6. The van der Waals surface area contributed by atoms with Gasteiger partial charge in [0.05, 0.1) is 18.8 Å². The Hall–Kier alpha value is -2.28. The Morgan fingerprint density at radius 2 is 1.62 bits per heavy atom. The van der Waals surface area contributed by atoms with Gasteiger partial charge in [0.25, 0.3) is 11.8 Å². The van der Waals surface area contributed by atoms with Crippen molar-refractivity contribution in [2.75, 3.05) is 32.8 Å². The van der Waals surface area contributed by atoms with E-state index >= 15 is 0 Å². The number of piperidine rings is 1. The van der Waals surface area contributed by atoms with Crippen LogP contribution in [0.1, 0.15) is 73.6 Å². The number of carbonyl (C=O) groups is 2. The topological polar surface area (TPSA) is 70.1 Å².